The van der Waals surface area contributed by atoms with Crippen LogP contribution in [0.3, 0.4) is 0 Å². The first-order chi connectivity index (χ1) is 12.2. The summed E-state index contributed by atoms with van der Waals surface area (Å²) >= 11 is 0. The average Bonchev–Trinajstić information content (AvgIpc) is 3.20. The zero-order valence-corrected chi connectivity index (χ0v) is 13.7. The summed E-state index contributed by atoms with van der Waals surface area (Å²) in [5.41, 5.74) is 4.21. The highest BCUT2D eigenvalue weighted by atomic mass is 16.1. The number of hydrogen-bond donors (Lipinski definition) is 1. The lowest BCUT2D eigenvalue weighted by atomic mass is 10.1. The molecule has 4 aromatic heterocycles. The van der Waals surface area contributed by atoms with Gasteiger partial charge in [-0.1, -0.05) is 6.07 Å². The third-order valence-corrected chi connectivity index (χ3v) is 4.70. The lowest BCUT2D eigenvalue weighted by Gasteiger charge is -2.06. The molecule has 0 saturated heterocycles. The predicted molar refractivity (Wildman–Crippen MR) is 92.9 cm³/mol. The fourth-order valence-electron chi connectivity index (χ4n) is 3.19. The standard InChI is InChI=1S/C18H16N6O/c1-11-16(12-5-6-12)22-17-14(9-21-24(17)18(11)25)13-8-20-23(10-13)15-4-2-3-7-19-15/h2-4,7-10,12,22H,5-6H2,1H3. The van der Waals surface area contributed by atoms with E-state index in [1.165, 1.54) is 4.52 Å². The Balaban J connectivity index is 1.67. The molecular formula is C18H16N6O. The third kappa shape index (κ3) is 2.20. The second-order valence-corrected chi connectivity index (χ2v) is 6.42. The van der Waals surface area contributed by atoms with E-state index < -0.39 is 0 Å². The van der Waals surface area contributed by atoms with Crippen LogP contribution < -0.4 is 5.56 Å². The van der Waals surface area contributed by atoms with Crippen LogP contribution in [0.1, 0.15) is 30.0 Å². The predicted octanol–water partition coefficient (Wildman–Crippen LogP) is 2.46. The average molecular weight is 332 g/mol. The molecule has 1 saturated carbocycles. The van der Waals surface area contributed by atoms with Crippen molar-refractivity contribution in [1.82, 2.24) is 29.4 Å². The first-order valence-electron chi connectivity index (χ1n) is 8.29. The number of H-pyrrole nitrogens is 1. The normalized spacial score (nSPS) is 14.3. The summed E-state index contributed by atoms with van der Waals surface area (Å²) in [6.45, 7) is 1.87. The van der Waals surface area contributed by atoms with Crippen molar-refractivity contribution in [2.24, 2.45) is 0 Å². The summed E-state index contributed by atoms with van der Waals surface area (Å²) in [6, 6.07) is 5.68. The quantitative estimate of drug-likeness (QED) is 0.625. The van der Waals surface area contributed by atoms with Gasteiger partial charge in [0.2, 0.25) is 0 Å². The first-order valence-corrected chi connectivity index (χ1v) is 8.29. The third-order valence-electron chi connectivity index (χ3n) is 4.70. The first kappa shape index (κ1) is 14.2. The molecule has 0 spiro atoms. The van der Waals surface area contributed by atoms with Gasteiger partial charge < -0.3 is 4.98 Å². The fourth-order valence-corrected chi connectivity index (χ4v) is 3.19. The SMILES string of the molecule is Cc1c(C2CC2)[nH]c2c(-c3cnn(-c4ccccn4)c3)cnn2c1=O. The van der Waals surface area contributed by atoms with E-state index in [1.807, 2.05) is 31.3 Å². The number of nitrogens with one attached hydrogen (secondary N) is 1. The maximum Gasteiger partial charge on any atom is 0.277 e. The van der Waals surface area contributed by atoms with Crippen LogP contribution in [0.15, 0.2) is 47.8 Å². The Bertz CT molecular complexity index is 1130. The topological polar surface area (TPSA) is 80.9 Å². The molecule has 1 aliphatic rings. The molecule has 7 nitrogen and oxygen atoms in total. The number of pyridine rings is 1. The zero-order chi connectivity index (χ0) is 17.0. The smallest absolute Gasteiger partial charge is 0.277 e. The van der Waals surface area contributed by atoms with E-state index in [0.29, 0.717) is 5.92 Å². The summed E-state index contributed by atoms with van der Waals surface area (Å²) in [5, 5.41) is 8.66. The molecule has 0 bridgehead atoms. The molecule has 0 unspecified atom stereocenters. The highest BCUT2D eigenvalue weighted by molar-refractivity contribution is 5.76. The Morgan fingerprint density at radius 2 is 2.08 bits per heavy atom. The van der Waals surface area contributed by atoms with Crippen LogP contribution in [0, 0.1) is 6.92 Å². The van der Waals surface area contributed by atoms with Crippen molar-refractivity contribution in [2.75, 3.05) is 0 Å². The van der Waals surface area contributed by atoms with Crippen LogP contribution >= 0.6 is 0 Å². The molecule has 124 valence electrons. The molecule has 0 atom stereocenters. The molecule has 0 amide bonds. The van der Waals surface area contributed by atoms with Crippen molar-refractivity contribution < 1.29 is 0 Å². The number of aromatic amines is 1. The van der Waals surface area contributed by atoms with Gasteiger partial charge in [0.1, 0.15) is 5.65 Å². The highest BCUT2D eigenvalue weighted by Crippen LogP contribution is 2.40. The van der Waals surface area contributed by atoms with Crippen molar-refractivity contribution in [2.45, 2.75) is 25.7 Å². The van der Waals surface area contributed by atoms with Crippen LogP contribution in [-0.2, 0) is 0 Å². The minimum Gasteiger partial charge on any atom is -0.342 e. The number of fused-ring (bicyclic) bond motifs is 1. The molecule has 1 fully saturated rings. The molecule has 4 heterocycles. The molecule has 1 aliphatic carbocycles. The summed E-state index contributed by atoms with van der Waals surface area (Å²) < 4.78 is 3.15. The van der Waals surface area contributed by atoms with Crippen LogP contribution in [0.5, 0.6) is 0 Å². The van der Waals surface area contributed by atoms with Gasteiger partial charge in [-0.25, -0.2) is 9.67 Å². The van der Waals surface area contributed by atoms with Gasteiger partial charge in [-0.05, 0) is 37.8 Å². The van der Waals surface area contributed by atoms with Gasteiger partial charge in [0.15, 0.2) is 5.82 Å². The molecule has 1 N–H and O–H groups in total. The van der Waals surface area contributed by atoms with Crippen molar-refractivity contribution in [3.8, 4) is 16.9 Å². The van der Waals surface area contributed by atoms with Crippen LogP contribution in [0.4, 0.5) is 0 Å². The Labute approximate surface area is 143 Å². The number of rotatable bonds is 3. The van der Waals surface area contributed by atoms with Crippen LogP contribution in [0.25, 0.3) is 22.6 Å². The second-order valence-electron chi connectivity index (χ2n) is 6.42. The molecule has 5 rings (SSSR count). The van der Waals surface area contributed by atoms with Crippen LogP contribution in [0.2, 0.25) is 0 Å². The van der Waals surface area contributed by atoms with Crippen molar-refractivity contribution in [1.29, 1.82) is 0 Å². The molecule has 0 aromatic carbocycles. The summed E-state index contributed by atoms with van der Waals surface area (Å²) in [6.07, 6.45) is 9.37. The van der Waals surface area contributed by atoms with E-state index in [9.17, 15) is 4.79 Å². The van der Waals surface area contributed by atoms with Crippen molar-refractivity contribution in [3.05, 3.63) is 64.6 Å². The summed E-state index contributed by atoms with van der Waals surface area (Å²) in [5.74, 6) is 1.21. The minimum absolute atomic E-state index is 0.0565. The van der Waals surface area contributed by atoms with E-state index in [2.05, 4.69) is 20.2 Å². The number of nitrogens with zero attached hydrogens (tertiary/aromatic N) is 5. The van der Waals surface area contributed by atoms with Gasteiger partial charge in [0, 0.05) is 34.8 Å². The Morgan fingerprint density at radius 1 is 1.20 bits per heavy atom. The van der Waals surface area contributed by atoms with E-state index in [-0.39, 0.29) is 5.56 Å². The van der Waals surface area contributed by atoms with Gasteiger partial charge in [0.25, 0.3) is 5.56 Å². The van der Waals surface area contributed by atoms with E-state index >= 15 is 0 Å². The van der Waals surface area contributed by atoms with E-state index in [1.54, 1.807) is 23.3 Å². The Kier molecular flexibility index (Phi) is 2.91. The van der Waals surface area contributed by atoms with Gasteiger partial charge in [0.05, 0.1) is 12.4 Å². The zero-order valence-electron chi connectivity index (χ0n) is 13.7. The molecule has 7 heteroatoms. The summed E-state index contributed by atoms with van der Waals surface area (Å²) in [7, 11) is 0. The number of hydrogen-bond acceptors (Lipinski definition) is 4. The van der Waals surface area contributed by atoms with E-state index in [0.717, 1.165) is 46.7 Å². The molecule has 0 radical (unpaired) electrons. The molecule has 4 aromatic rings. The van der Waals surface area contributed by atoms with Gasteiger partial charge >= 0.3 is 0 Å². The lowest BCUT2D eigenvalue weighted by molar-refractivity contribution is 0.847. The van der Waals surface area contributed by atoms with Crippen molar-refractivity contribution >= 4 is 5.65 Å². The molecule has 25 heavy (non-hydrogen) atoms. The van der Waals surface area contributed by atoms with Gasteiger partial charge in [-0.2, -0.15) is 14.7 Å². The lowest BCUT2D eigenvalue weighted by Crippen LogP contribution is -2.20. The molecule has 0 aliphatic heterocycles. The largest absolute Gasteiger partial charge is 0.342 e. The second kappa shape index (κ2) is 5.14. The highest BCUT2D eigenvalue weighted by Gasteiger charge is 2.28. The summed E-state index contributed by atoms with van der Waals surface area (Å²) in [4.78, 5) is 20.3. The van der Waals surface area contributed by atoms with Gasteiger partial charge in [-0.3, -0.25) is 4.79 Å². The molecular weight excluding hydrogens is 316 g/mol. The maximum absolute atomic E-state index is 12.6. The maximum atomic E-state index is 12.6. The fraction of sp³-hybridized carbons (Fsp3) is 0.222. The van der Waals surface area contributed by atoms with Crippen molar-refractivity contribution in [3.63, 3.8) is 0 Å². The van der Waals surface area contributed by atoms with E-state index in [4.69, 9.17) is 0 Å². The Hall–Kier alpha value is -3.22. The minimum atomic E-state index is -0.0565. The van der Waals surface area contributed by atoms with Crippen LogP contribution in [-0.4, -0.2) is 29.4 Å². The monoisotopic (exact) mass is 332 g/mol. The van der Waals surface area contributed by atoms with Gasteiger partial charge in [-0.15, -0.1) is 0 Å². The number of aromatic nitrogens is 6. The Morgan fingerprint density at radius 3 is 2.84 bits per heavy atom.